The number of hydrogen-bond acceptors (Lipinski definition) is 2. The van der Waals surface area contributed by atoms with Crippen molar-refractivity contribution in [2.24, 2.45) is 0 Å². The molecule has 110 valence electrons. The Balaban J connectivity index is 1.77. The third kappa shape index (κ3) is 2.90. The van der Waals surface area contributed by atoms with Gasteiger partial charge in [0.25, 0.3) is 0 Å². The van der Waals surface area contributed by atoms with Crippen molar-refractivity contribution in [2.45, 2.75) is 17.7 Å². The number of ether oxygens (including phenoxy) is 2. The fourth-order valence-electron chi connectivity index (χ4n) is 2.73. The largest absolute Gasteiger partial charge is 0.493 e. The van der Waals surface area contributed by atoms with E-state index >= 15 is 0 Å². The van der Waals surface area contributed by atoms with Crippen molar-refractivity contribution in [1.29, 1.82) is 0 Å². The molecule has 0 N–H and O–H groups in total. The van der Waals surface area contributed by atoms with Gasteiger partial charge in [-0.05, 0) is 23.6 Å². The smallest absolute Gasteiger partial charge is 0.165 e. The second kappa shape index (κ2) is 6.29. The van der Waals surface area contributed by atoms with E-state index in [1.165, 1.54) is 11.1 Å². The zero-order valence-corrected chi connectivity index (χ0v) is 14.1. The second-order valence-electron chi connectivity index (χ2n) is 5.14. The van der Waals surface area contributed by atoms with Gasteiger partial charge in [-0.25, -0.2) is 0 Å². The molecule has 0 saturated carbocycles. The zero-order chi connectivity index (χ0) is 14.8. The highest BCUT2D eigenvalue weighted by Gasteiger charge is 2.26. The van der Waals surface area contributed by atoms with E-state index in [0.717, 1.165) is 17.7 Å². The van der Waals surface area contributed by atoms with Crippen LogP contribution in [0.4, 0.5) is 0 Å². The lowest BCUT2D eigenvalue weighted by Gasteiger charge is -2.30. The Morgan fingerprint density at radius 2 is 2.10 bits per heavy atom. The van der Waals surface area contributed by atoms with Gasteiger partial charge in [-0.1, -0.05) is 51.8 Å². The number of alkyl halides is 1. The molecule has 2 nitrogen and oxygen atoms in total. The molecule has 3 rings (SSSR count). The lowest BCUT2D eigenvalue weighted by molar-refractivity contribution is 0.259. The third-order valence-corrected chi connectivity index (χ3v) is 4.67. The third-order valence-electron chi connectivity index (χ3n) is 3.85. The quantitative estimate of drug-likeness (QED) is 0.695. The second-order valence-corrected chi connectivity index (χ2v) is 6.14. The average Bonchev–Trinajstić information content (AvgIpc) is 2.48. The number of halogens is 2. The van der Waals surface area contributed by atoms with Gasteiger partial charge >= 0.3 is 0 Å². The predicted octanol–water partition coefficient (Wildman–Crippen LogP) is 4.96. The number of fused-ring (bicyclic) bond motifs is 1. The summed E-state index contributed by atoms with van der Waals surface area (Å²) in [7, 11) is 1.63. The van der Waals surface area contributed by atoms with Crippen molar-refractivity contribution in [2.75, 3.05) is 13.7 Å². The molecule has 0 amide bonds. The number of hydrogen-bond donors (Lipinski definition) is 0. The van der Waals surface area contributed by atoms with Gasteiger partial charge in [-0.2, -0.15) is 0 Å². The summed E-state index contributed by atoms with van der Waals surface area (Å²) in [5.41, 5.74) is 3.83. The molecule has 0 heterocycles. The Morgan fingerprint density at radius 3 is 2.81 bits per heavy atom. The molecule has 1 aliphatic rings. The first-order valence-corrected chi connectivity index (χ1v) is 8.36. The SMILES string of the molecule is COc1cc(Cl)cc(CBr)c1OCC1Cc2ccccc21. The van der Waals surface area contributed by atoms with Crippen LogP contribution >= 0.6 is 27.5 Å². The van der Waals surface area contributed by atoms with Crippen molar-refractivity contribution in [3.63, 3.8) is 0 Å². The van der Waals surface area contributed by atoms with E-state index in [1.807, 2.05) is 6.07 Å². The Labute approximate surface area is 138 Å². The fraction of sp³-hybridized carbons (Fsp3) is 0.294. The molecule has 1 aliphatic carbocycles. The molecular formula is C17H16BrClO2. The van der Waals surface area contributed by atoms with E-state index in [1.54, 1.807) is 13.2 Å². The molecule has 0 bridgehead atoms. The average molecular weight is 368 g/mol. The lowest BCUT2D eigenvalue weighted by atomic mass is 9.78. The Morgan fingerprint density at radius 1 is 1.29 bits per heavy atom. The summed E-state index contributed by atoms with van der Waals surface area (Å²) in [6, 6.07) is 12.2. The molecule has 0 fully saturated rings. The van der Waals surface area contributed by atoms with Crippen LogP contribution in [0.15, 0.2) is 36.4 Å². The summed E-state index contributed by atoms with van der Waals surface area (Å²) in [6.07, 6.45) is 1.08. The van der Waals surface area contributed by atoms with Gasteiger partial charge in [-0.3, -0.25) is 0 Å². The summed E-state index contributed by atoms with van der Waals surface area (Å²) in [5.74, 6) is 1.93. The predicted molar refractivity (Wildman–Crippen MR) is 89.0 cm³/mol. The molecule has 2 aromatic carbocycles. The van der Waals surface area contributed by atoms with Crippen molar-refractivity contribution >= 4 is 27.5 Å². The lowest BCUT2D eigenvalue weighted by Crippen LogP contribution is -2.23. The molecule has 2 aromatic rings. The fourth-order valence-corrected chi connectivity index (χ4v) is 3.38. The van der Waals surface area contributed by atoms with Crippen LogP contribution in [0.2, 0.25) is 5.02 Å². The van der Waals surface area contributed by atoms with E-state index in [-0.39, 0.29) is 0 Å². The monoisotopic (exact) mass is 366 g/mol. The molecule has 0 radical (unpaired) electrons. The molecule has 0 aliphatic heterocycles. The molecule has 21 heavy (non-hydrogen) atoms. The van der Waals surface area contributed by atoms with Gasteiger partial charge in [0.05, 0.1) is 13.7 Å². The molecule has 0 spiro atoms. The maximum absolute atomic E-state index is 6.09. The van der Waals surface area contributed by atoms with Gasteiger partial charge in [-0.15, -0.1) is 0 Å². The summed E-state index contributed by atoms with van der Waals surface area (Å²) in [4.78, 5) is 0. The Hall–Kier alpha value is -1.19. The van der Waals surface area contributed by atoms with E-state index in [9.17, 15) is 0 Å². The first kappa shape index (κ1) is 14.7. The van der Waals surface area contributed by atoms with Gasteiger partial charge < -0.3 is 9.47 Å². The minimum absolute atomic E-state index is 0.463. The molecule has 0 saturated heterocycles. The van der Waals surface area contributed by atoms with Gasteiger partial charge in [0.1, 0.15) is 0 Å². The Kier molecular flexibility index (Phi) is 4.41. The standard InChI is InChI=1S/C17H16BrClO2/c1-20-16-8-14(19)7-12(9-18)17(16)21-10-13-6-11-4-2-3-5-15(11)13/h2-5,7-8,13H,6,9-10H2,1H3. The van der Waals surface area contributed by atoms with E-state index in [0.29, 0.717) is 28.6 Å². The maximum Gasteiger partial charge on any atom is 0.165 e. The molecule has 1 atom stereocenters. The zero-order valence-electron chi connectivity index (χ0n) is 11.7. The van der Waals surface area contributed by atoms with Crippen LogP contribution in [0.3, 0.4) is 0 Å². The highest BCUT2D eigenvalue weighted by molar-refractivity contribution is 9.08. The minimum atomic E-state index is 0.463. The van der Waals surface area contributed by atoms with E-state index in [4.69, 9.17) is 21.1 Å². The van der Waals surface area contributed by atoms with E-state index in [2.05, 4.69) is 40.2 Å². The van der Waals surface area contributed by atoms with Crippen molar-refractivity contribution < 1.29 is 9.47 Å². The van der Waals surface area contributed by atoms with E-state index < -0.39 is 0 Å². The highest BCUT2D eigenvalue weighted by Crippen LogP contribution is 2.39. The van der Waals surface area contributed by atoms with Crippen LogP contribution < -0.4 is 9.47 Å². The van der Waals surface area contributed by atoms with Crippen LogP contribution in [0.25, 0.3) is 0 Å². The summed E-state index contributed by atoms with van der Waals surface area (Å²) < 4.78 is 11.4. The number of methoxy groups -OCH3 is 1. The molecule has 0 aromatic heterocycles. The Bertz CT molecular complexity index is 632. The summed E-state index contributed by atoms with van der Waals surface area (Å²) in [5, 5.41) is 1.34. The van der Waals surface area contributed by atoms with Crippen LogP contribution in [-0.4, -0.2) is 13.7 Å². The van der Waals surface area contributed by atoms with Crippen LogP contribution in [-0.2, 0) is 11.8 Å². The molecular weight excluding hydrogens is 352 g/mol. The topological polar surface area (TPSA) is 18.5 Å². The maximum atomic E-state index is 6.09. The van der Waals surface area contributed by atoms with Crippen molar-refractivity contribution in [3.8, 4) is 11.5 Å². The van der Waals surface area contributed by atoms with Crippen molar-refractivity contribution in [1.82, 2.24) is 0 Å². The number of rotatable bonds is 5. The normalized spacial score (nSPS) is 16.0. The summed E-state index contributed by atoms with van der Waals surface area (Å²) >= 11 is 9.57. The summed E-state index contributed by atoms with van der Waals surface area (Å²) in [6.45, 7) is 0.662. The van der Waals surface area contributed by atoms with Crippen LogP contribution in [0, 0.1) is 0 Å². The van der Waals surface area contributed by atoms with Gasteiger partial charge in [0.2, 0.25) is 0 Å². The van der Waals surface area contributed by atoms with Gasteiger partial charge in [0, 0.05) is 27.9 Å². The molecule has 4 heteroatoms. The first-order valence-electron chi connectivity index (χ1n) is 6.86. The minimum Gasteiger partial charge on any atom is -0.493 e. The first-order chi connectivity index (χ1) is 10.2. The van der Waals surface area contributed by atoms with Crippen LogP contribution in [0.1, 0.15) is 22.6 Å². The highest BCUT2D eigenvalue weighted by atomic mass is 79.9. The molecule has 1 unspecified atom stereocenters. The van der Waals surface area contributed by atoms with Crippen molar-refractivity contribution in [3.05, 3.63) is 58.1 Å². The van der Waals surface area contributed by atoms with Crippen LogP contribution in [0.5, 0.6) is 11.5 Å². The number of benzene rings is 2. The van der Waals surface area contributed by atoms with Gasteiger partial charge in [0.15, 0.2) is 11.5 Å².